The zero-order chi connectivity index (χ0) is 29.2. The molecule has 40 heavy (non-hydrogen) atoms. The first-order valence-electron chi connectivity index (χ1n) is 19.1. The van der Waals surface area contributed by atoms with Gasteiger partial charge >= 0.3 is 0 Å². The summed E-state index contributed by atoms with van der Waals surface area (Å²) in [6, 6.07) is 0. The Morgan fingerprint density at radius 1 is 0.250 bits per heavy atom. The zero-order valence-electron chi connectivity index (χ0n) is 28.5. The fourth-order valence-electron chi connectivity index (χ4n) is 6.20. The van der Waals surface area contributed by atoms with Gasteiger partial charge in [0.2, 0.25) is 0 Å². The number of hydrogen-bond acceptors (Lipinski definition) is 0. The van der Waals surface area contributed by atoms with Gasteiger partial charge in [0.1, 0.15) is 0 Å². The van der Waals surface area contributed by atoms with Crippen LogP contribution >= 0.6 is 19.9 Å². The van der Waals surface area contributed by atoms with Crippen molar-refractivity contribution in [3.63, 3.8) is 0 Å². The molecule has 0 amide bonds. The summed E-state index contributed by atoms with van der Waals surface area (Å²) in [7, 11) is 6.58. The number of halogens is 1. The Balaban J connectivity index is 4.05. The van der Waals surface area contributed by atoms with E-state index in [2.05, 4.69) is 20.8 Å². The number of rotatable bonds is 35. The molecular weight excluding hydrogens is 524 g/mol. The molecular formula is C38H79ClS. The smallest absolute Gasteiger partial charge is 0.0101 e. The van der Waals surface area contributed by atoms with E-state index in [1.165, 1.54) is 223 Å². The first kappa shape index (κ1) is 40.6. The van der Waals surface area contributed by atoms with Crippen LogP contribution in [0, 0.1) is 0 Å². The van der Waals surface area contributed by atoms with Crippen molar-refractivity contribution in [2.24, 2.45) is 0 Å². The molecule has 0 bridgehead atoms. The SMILES string of the molecule is CCCCCCCCCCCCCCS(Cl)(CCCCCCCCCCCC)CCCCCCCCCCCC. The number of hydrogen-bond donors (Lipinski definition) is 0. The van der Waals surface area contributed by atoms with Gasteiger partial charge in [-0.25, -0.2) is 0 Å². The third-order valence-electron chi connectivity index (χ3n) is 9.09. The molecule has 0 atom stereocenters. The first-order chi connectivity index (χ1) is 19.7. The van der Waals surface area contributed by atoms with Crippen LogP contribution in [-0.4, -0.2) is 17.3 Å². The van der Waals surface area contributed by atoms with Gasteiger partial charge in [-0.15, -0.1) is 0 Å². The highest BCUT2D eigenvalue weighted by atomic mass is 35.7. The molecule has 0 aliphatic heterocycles. The van der Waals surface area contributed by atoms with Crippen LogP contribution in [-0.2, 0) is 0 Å². The van der Waals surface area contributed by atoms with E-state index in [1.54, 1.807) is 0 Å². The summed E-state index contributed by atoms with van der Waals surface area (Å²) in [4.78, 5) is 0. The van der Waals surface area contributed by atoms with Gasteiger partial charge in [-0.05, 0) is 36.5 Å². The lowest BCUT2D eigenvalue weighted by Gasteiger charge is -2.33. The molecule has 0 heterocycles. The minimum atomic E-state index is -0.895. The van der Waals surface area contributed by atoms with Gasteiger partial charge in [0.05, 0.1) is 0 Å². The van der Waals surface area contributed by atoms with E-state index in [1.807, 2.05) is 0 Å². The van der Waals surface area contributed by atoms with Crippen molar-refractivity contribution in [3.05, 3.63) is 0 Å². The van der Waals surface area contributed by atoms with Crippen molar-refractivity contribution in [3.8, 4) is 0 Å². The van der Waals surface area contributed by atoms with Gasteiger partial charge in [0, 0.05) is 0 Å². The standard InChI is InChI=1S/C38H79ClS/c1-4-7-10-13-16-19-22-23-26-29-32-35-38-40(39,36-33-30-27-24-20-17-14-11-8-5-2)37-34-31-28-25-21-18-15-12-9-6-3/h4-38H2,1-3H3. The van der Waals surface area contributed by atoms with Crippen LogP contribution in [0.4, 0.5) is 0 Å². The van der Waals surface area contributed by atoms with Crippen molar-refractivity contribution < 1.29 is 0 Å². The molecule has 0 saturated heterocycles. The highest BCUT2D eigenvalue weighted by Gasteiger charge is 2.20. The number of unbranched alkanes of at least 4 members (excludes halogenated alkanes) is 29. The predicted molar refractivity (Wildman–Crippen MR) is 193 cm³/mol. The van der Waals surface area contributed by atoms with Crippen LogP contribution in [0.25, 0.3) is 0 Å². The maximum atomic E-state index is 7.48. The van der Waals surface area contributed by atoms with Gasteiger partial charge in [0.15, 0.2) is 0 Å². The van der Waals surface area contributed by atoms with Gasteiger partial charge < -0.3 is 0 Å². The average molecular weight is 604 g/mol. The fourth-order valence-corrected chi connectivity index (χ4v) is 9.96. The molecule has 0 spiro atoms. The third-order valence-corrected chi connectivity index (χ3v) is 13.5. The second-order valence-corrected chi connectivity index (χ2v) is 18.4. The van der Waals surface area contributed by atoms with E-state index in [0.29, 0.717) is 0 Å². The topological polar surface area (TPSA) is 0 Å². The molecule has 0 saturated carbocycles. The summed E-state index contributed by atoms with van der Waals surface area (Å²) >= 11 is 0. The summed E-state index contributed by atoms with van der Waals surface area (Å²) in [6.45, 7) is 6.94. The normalized spacial score (nSPS) is 12.4. The molecule has 244 valence electrons. The molecule has 0 aromatic rings. The Hall–Kier alpha value is 0.640. The van der Waals surface area contributed by atoms with Crippen molar-refractivity contribution in [1.29, 1.82) is 0 Å². The Labute approximate surface area is 262 Å². The minimum absolute atomic E-state index is 0.895. The van der Waals surface area contributed by atoms with Gasteiger partial charge in [-0.2, -0.15) is 9.24 Å². The van der Waals surface area contributed by atoms with E-state index in [4.69, 9.17) is 10.7 Å². The predicted octanol–water partition coefficient (Wildman–Crippen LogP) is 15.5. The Kier molecular flexibility index (Phi) is 34.7. The lowest BCUT2D eigenvalue weighted by Crippen LogP contribution is -2.09. The fraction of sp³-hybridized carbons (Fsp3) is 1.00. The molecule has 0 N–H and O–H groups in total. The molecule has 0 aromatic carbocycles. The van der Waals surface area contributed by atoms with Gasteiger partial charge in [-0.1, -0.05) is 218 Å². The molecule has 0 aliphatic carbocycles. The lowest BCUT2D eigenvalue weighted by atomic mass is 10.1. The molecule has 0 nitrogen and oxygen atoms in total. The van der Waals surface area contributed by atoms with Crippen molar-refractivity contribution in [2.45, 2.75) is 226 Å². The molecule has 0 radical (unpaired) electrons. The monoisotopic (exact) mass is 603 g/mol. The van der Waals surface area contributed by atoms with E-state index in [-0.39, 0.29) is 0 Å². The summed E-state index contributed by atoms with van der Waals surface area (Å²) in [5.41, 5.74) is 0. The molecule has 0 aliphatic rings. The molecule has 0 unspecified atom stereocenters. The van der Waals surface area contributed by atoms with E-state index in [9.17, 15) is 0 Å². The summed E-state index contributed by atoms with van der Waals surface area (Å²) in [5.74, 6) is 4.04. The largest absolute Gasteiger partial charge is 0.163 e. The van der Waals surface area contributed by atoms with Crippen molar-refractivity contribution >= 4 is 19.9 Å². The summed E-state index contributed by atoms with van der Waals surface area (Å²) < 4.78 is 0. The molecule has 0 rings (SSSR count). The first-order valence-corrected chi connectivity index (χ1v) is 22.1. The quantitative estimate of drug-likeness (QED) is 0.0633. The summed E-state index contributed by atoms with van der Waals surface area (Å²) in [6.07, 6.45) is 46.0. The van der Waals surface area contributed by atoms with Crippen LogP contribution in [0.2, 0.25) is 0 Å². The van der Waals surface area contributed by atoms with Crippen LogP contribution in [0.3, 0.4) is 0 Å². The molecule has 0 aromatic heterocycles. The van der Waals surface area contributed by atoms with Crippen LogP contribution in [0.15, 0.2) is 0 Å². The van der Waals surface area contributed by atoms with E-state index in [0.717, 1.165) is 0 Å². The zero-order valence-corrected chi connectivity index (χ0v) is 30.1. The van der Waals surface area contributed by atoms with Crippen molar-refractivity contribution in [1.82, 2.24) is 0 Å². The average Bonchev–Trinajstić information content (AvgIpc) is 2.95. The van der Waals surface area contributed by atoms with Crippen LogP contribution in [0.1, 0.15) is 226 Å². The highest BCUT2D eigenvalue weighted by molar-refractivity contribution is 8.51. The second-order valence-electron chi connectivity index (χ2n) is 13.3. The maximum Gasteiger partial charge on any atom is -0.0101 e. The Morgan fingerprint density at radius 2 is 0.400 bits per heavy atom. The van der Waals surface area contributed by atoms with E-state index < -0.39 is 9.24 Å². The summed E-state index contributed by atoms with van der Waals surface area (Å²) in [5, 5.41) is 0. The maximum absolute atomic E-state index is 7.48. The van der Waals surface area contributed by atoms with Crippen LogP contribution in [0.5, 0.6) is 0 Å². The van der Waals surface area contributed by atoms with Gasteiger partial charge in [0.25, 0.3) is 0 Å². The Morgan fingerprint density at radius 3 is 0.575 bits per heavy atom. The third kappa shape index (κ3) is 31.6. The molecule has 0 fully saturated rings. The lowest BCUT2D eigenvalue weighted by molar-refractivity contribution is 0.548. The second kappa shape index (κ2) is 34.1. The van der Waals surface area contributed by atoms with E-state index >= 15 is 0 Å². The van der Waals surface area contributed by atoms with Crippen molar-refractivity contribution in [2.75, 3.05) is 17.3 Å². The molecule has 2 heteroatoms. The minimum Gasteiger partial charge on any atom is -0.163 e. The Bertz CT molecular complexity index is 427. The highest BCUT2D eigenvalue weighted by Crippen LogP contribution is 2.55. The van der Waals surface area contributed by atoms with Crippen LogP contribution < -0.4 is 0 Å². The van der Waals surface area contributed by atoms with Gasteiger partial charge in [-0.3, -0.25) is 0 Å².